The van der Waals surface area contributed by atoms with E-state index in [1.165, 1.54) is 16.2 Å². The summed E-state index contributed by atoms with van der Waals surface area (Å²) in [5, 5.41) is 1.49. The number of rotatable bonds is 1. The summed E-state index contributed by atoms with van der Waals surface area (Å²) in [4.78, 5) is 31.6. The molecule has 0 N–H and O–H groups in total. The minimum atomic E-state index is -0.465. The molecular weight excluding hydrogens is 254 g/mol. The van der Waals surface area contributed by atoms with Gasteiger partial charge in [0, 0.05) is 6.54 Å². The third-order valence-corrected chi connectivity index (χ3v) is 4.21. The number of amides is 3. The zero-order valence-electron chi connectivity index (χ0n) is 10.2. The predicted octanol–water partition coefficient (Wildman–Crippen LogP) is 0.927. The Morgan fingerprint density at radius 1 is 1.39 bits per heavy atom. The Balaban J connectivity index is 2.00. The van der Waals surface area contributed by atoms with Crippen LogP contribution in [0.25, 0.3) is 0 Å². The molecule has 3 rings (SSSR count). The molecule has 0 aliphatic carbocycles. The summed E-state index contributed by atoms with van der Waals surface area (Å²) < 4.78 is 5.27. The van der Waals surface area contributed by atoms with Gasteiger partial charge >= 0.3 is 6.03 Å². The molecular formula is C11H13N3O3S. The summed E-state index contributed by atoms with van der Waals surface area (Å²) in [5.41, 5.74) is 0.722. The highest BCUT2D eigenvalue weighted by atomic mass is 32.1. The molecule has 0 radical (unpaired) electrons. The van der Waals surface area contributed by atoms with Gasteiger partial charge in [-0.1, -0.05) is 0 Å². The summed E-state index contributed by atoms with van der Waals surface area (Å²) in [6, 6.07) is -0.715. The largest absolute Gasteiger partial charge is 0.377 e. The Labute approximate surface area is 108 Å². The fraction of sp³-hybridized carbons (Fsp3) is 0.545. The summed E-state index contributed by atoms with van der Waals surface area (Å²) in [6.45, 7) is 4.93. The Hall–Kier alpha value is -1.47. The van der Waals surface area contributed by atoms with Crippen LogP contribution in [0.1, 0.15) is 10.7 Å². The number of urea groups is 1. The Kier molecular flexibility index (Phi) is 2.60. The Morgan fingerprint density at radius 2 is 2.17 bits per heavy atom. The lowest BCUT2D eigenvalue weighted by Crippen LogP contribution is -2.45. The van der Waals surface area contributed by atoms with E-state index in [9.17, 15) is 9.59 Å². The number of morpholine rings is 1. The molecule has 0 spiro atoms. The maximum atomic E-state index is 12.3. The van der Waals surface area contributed by atoms with Gasteiger partial charge in [-0.3, -0.25) is 4.79 Å². The molecule has 0 bridgehead atoms. The lowest BCUT2D eigenvalue weighted by molar-refractivity contribution is -0.123. The molecule has 1 atom stereocenters. The van der Waals surface area contributed by atoms with E-state index in [2.05, 4.69) is 4.98 Å². The number of aromatic nitrogens is 1. The molecule has 2 saturated heterocycles. The first-order valence-electron chi connectivity index (χ1n) is 5.76. The van der Waals surface area contributed by atoms with Crippen molar-refractivity contribution in [3.63, 3.8) is 0 Å². The van der Waals surface area contributed by atoms with Gasteiger partial charge in [-0.2, -0.15) is 0 Å². The first-order valence-corrected chi connectivity index (χ1v) is 6.57. The van der Waals surface area contributed by atoms with Crippen LogP contribution < -0.4 is 4.90 Å². The lowest BCUT2D eigenvalue weighted by atomic mass is 10.2. The van der Waals surface area contributed by atoms with Gasteiger partial charge in [0.05, 0.1) is 23.9 Å². The fourth-order valence-electron chi connectivity index (χ4n) is 2.32. The maximum Gasteiger partial charge on any atom is 0.332 e. The fourth-order valence-corrected chi connectivity index (χ4v) is 3.24. The van der Waals surface area contributed by atoms with Gasteiger partial charge in [0.2, 0.25) is 0 Å². The molecule has 3 amide bonds. The number of fused-ring (bicyclic) bond motifs is 1. The number of imide groups is 1. The first-order chi connectivity index (χ1) is 8.59. The molecule has 2 aliphatic heterocycles. The molecule has 3 heterocycles. The standard InChI is InChI=1S/C11H13N3O3S/c1-6-10(18-7(2)12-6)14-9(15)8-5-17-4-3-13(8)11(14)16/h8H,3-5H2,1-2H3. The first kappa shape index (κ1) is 11.6. The number of hydrogen-bond acceptors (Lipinski definition) is 5. The van der Waals surface area contributed by atoms with Gasteiger partial charge in [-0.25, -0.2) is 14.7 Å². The minimum absolute atomic E-state index is 0.202. The topological polar surface area (TPSA) is 62.7 Å². The molecule has 7 heteroatoms. The van der Waals surface area contributed by atoms with Crippen LogP contribution in [0.4, 0.5) is 9.80 Å². The van der Waals surface area contributed by atoms with Crippen molar-refractivity contribution >= 4 is 28.3 Å². The summed E-state index contributed by atoms with van der Waals surface area (Å²) in [6.07, 6.45) is 0. The maximum absolute atomic E-state index is 12.3. The highest BCUT2D eigenvalue weighted by molar-refractivity contribution is 7.16. The van der Waals surface area contributed by atoms with Crippen molar-refractivity contribution in [2.75, 3.05) is 24.7 Å². The molecule has 96 valence electrons. The number of nitrogens with zero attached hydrogens (tertiary/aromatic N) is 3. The number of aryl methyl sites for hydroxylation is 2. The average molecular weight is 267 g/mol. The van der Waals surface area contributed by atoms with Gasteiger partial charge in [0.15, 0.2) is 0 Å². The molecule has 0 aromatic carbocycles. The molecule has 1 unspecified atom stereocenters. The average Bonchev–Trinajstić information content (AvgIpc) is 2.79. The van der Waals surface area contributed by atoms with Crippen molar-refractivity contribution in [3.05, 3.63) is 10.7 Å². The summed E-state index contributed by atoms with van der Waals surface area (Å²) >= 11 is 1.37. The lowest BCUT2D eigenvalue weighted by Gasteiger charge is -2.26. The van der Waals surface area contributed by atoms with Crippen LogP contribution in [-0.2, 0) is 9.53 Å². The number of hydrogen-bond donors (Lipinski definition) is 0. The van der Waals surface area contributed by atoms with Crippen molar-refractivity contribution in [3.8, 4) is 0 Å². The molecule has 1 aromatic rings. The van der Waals surface area contributed by atoms with Crippen LogP contribution in [-0.4, -0.2) is 47.6 Å². The summed E-state index contributed by atoms with van der Waals surface area (Å²) in [7, 11) is 0. The highest BCUT2D eigenvalue weighted by Crippen LogP contribution is 2.33. The van der Waals surface area contributed by atoms with E-state index >= 15 is 0 Å². The molecule has 6 nitrogen and oxygen atoms in total. The van der Waals surface area contributed by atoms with Crippen molar-refractivity contribution in [2.24, 2.45) is 0 Å². The number of ether oxygens (including phenoxy) is 1. The minimum Gasteiger partial charge on any atom is -0.377 e. The van der Waals surface area contributed by atoms with E-state index in [1.54, 1.807) is 4.90 Å². The Bertz CT molecular complexity index is 504. The van der Waals surface area contributed by atoms with Crippen molar-refractivity contribution in [1.29, 1.82) is 0 Å². The second-order valence-electron chi connectivity index (χ2n) is 4.36. The number of carbonyl (C=O) groups excluding carboxylic acids is 2. The van der Waals surface area contributed by atoms with E-state index in [0.717, 1.165) is 10.7 Å². The highest BCUT2D eigenvalue weighted by Gasteiger charge is 2.48. The second kappa shape index (κ2) is 4.03. The number of carbonyl (C=O) groups is 2. The van der Waals surface area contributed by atoms with Gasteiger partial charge in [-0.15, -0.1) is 11.3 Å². The smallest absolute Gasteiger partial charge is 0.332 e. The van der Waals surface area contributed by atoms with Crippen LogP contribution in [0.2, 0.25) is 0 Å². The van der Waals surface area contributed by atoms with Gasteiger partial charge in [0.25, 0.3) is 5.91 Å². The molecule has 2 aliphatic rings. The molecule has 2 fully saturated rings. The van der Waals surface area contributed by atoms with Crippen LogP contribution in [0.5, 0.6) is 0 Å². The quantitative estimate of drug-likeness (QED) is 0.710. The van der Waals surface area contributed by atoms with Crippen molar-refractivity contribution < 1.29 is 14.3 Å². The van der Waals surface area contributed by atoms with E-state index in [0.29, 0.717) is 18.2 Å². The summed E-state index contributed by atoms with van der Waals surface area (Å²) in [5.74, 6) is -0.202. The Morgan fingerprint density at radius 3 is 2.78 bits per heavy atom. The molecule has 1 aromatic heterocycles. The van der Waals surface area contributed by atoms with Crippen LogP contribution in [0.3, 0.4) is 0 Å². The van der Waals surface area contributed by atoms with E-state index in [1.807, 2.05) is 13.8 Å². The van der Waals surface area contributed by atoms with Gasteiger partial charge in [0.1, 0.15) is 11.0 Å². The zero-order valence-corrected chi connectivity index (χ0v) is 11.0. The van der Waals surface area contributed by atoms with E-state index < -0.39 is 6.04 Å². The van der Waals surface area contributed by atoms with Crippen molar-refractivity contribution in [2.45, 2.75) is 19.9 Å². The third-order valence-electron chi connectivity index (χ3n) is 3.15. The molecule has 0 saturated carbocycles. The number of thiazole rings is 1. The van der Waals surface area contributed by atoms with Crippen LogP contribution in [0, 0.1) is 13.8 Å². The van der Waals surface area contributed by atoms with Crippen LogP contribution in [0.15, 0.2) is 0 Å². The SMILES string of the molecule is Cc1nc(C)c(N2C(=O)C3COCCN3C2=O)s1. The van der Waals surface area contributed by atoms with Gasteiger partial charge in [-0.05, 0) is 13.8 Å². The monoisotopic (exact) mass is 267 g/mol. The zero-order chi connectivity index (χ0) is 12.9. The van der Waals surface area contributed by atoms with E-state index in [-0.39, 0.29) is 18.5 Å². The number of anilines is 1. The van der Waals surface area contributed by atoms with Crippen molar-refractivity contribution in [1.82, 2.24) is 9.88 Å². The van der Waals surface area contributed by atoms with Crippen LogP contribution >= 0.6 is 11.3 Å². The van der Waals surface area contributed by atoms with Gasteiger partial charge < -0.3 is 9.64 Å². The normalized spacial score (nSPS) is 23.8. The second-order valence-corrected chi connectivity index (χ2v) is 5.55. The third kappa shape index (κ3) is 1.54. The van der Waals surface area contributed by atoms with E-state index in [4.69, 9.17) is 4.74 Å². The predicted molar refractivity (Wildman–Crippen MR) is 65.8 cm³/mol. The molecule has 18 heavy (non-hydrogen) atoms.